The van der Waals surface area contributed by atoms with Crippen LogP contribution in [-0.2, 0) is 29.1 Å². The largest absolute Gasteiger partial charge is 0.463 e. The first-order valence-corrected chi connectivity index (χ1v) is 10.4. The Hall–Kier alpha value is -2.91. The highest BCUT2D eigenvalue weighted by molar-refractivity contribution is 7.92. The van der Waals surface area contributed by atoms with Gasteiger partial charge in [-0.3, -0.25) is 13.9 Å². The van der Waals surface area contributed by atoms with Crippen LogP contribution in [0.2, 0.25) is 0 Å². The van der Waals surface area contributed by atoms with Gasteiger partial charge in [0.2, 0.25) is 5.91 Å². The lowest BCUT2D eigenvalue weighted by atomic mass is 10.2. The normalized spacial score (nSPS) is 11.0. The molecule has 8 nitrogen and oxygen atoms in total. The summed E-state index contributed by atoms with van der Waals surface area (Å²) in [7, 11) is -0.745. The van der Waals surface area contributed by atoms with E-state index in [9.17, 15) is 18.0 Å². The van der Waals surface area contributed by atoms with Crippen molar-refractivity contribution in [3.63, 3.8) is 0 Å². The molecule has 0 fully saturated rings. The predicted octanol–water partition coefficient (Wildman–Crippen LogP) is 2.42. The van der Waals surface area contributed by atoms with Crippen LogP contribution in [0.15, 0.2) is 59.5 Å². The van der Waals surface area contributed by atoms with Crippen LogP contribution in [0, 0.1) is 0 Å². The minimum absolute atomic E-state index is 0.0391. The van der Waals surface area contributed by atoms with E-state index in [1.54, 1.807) is 30.3 Å². The van der Waals surface area contributed by atoms with Gasteiger partial charge in [-0.15, -0.1) is 0 Å². The zero-order valence-corrected chi connectivity index (χ0v) is 17.1. The number of carbonyl (C=O) groups excluding carboxylic acids is 2. The minimum Gasteiger partial charge on any atom is -0.463 e. The molecular weight excluding hydrogens is 396 g/mol. The summed E-state index contributed by atoms with van der Waals surface area (Å²) in [6.45, 7) is 0.441. The summed E-state index contributed by atoms with van der Waals surface area (Å²) in [5, 5.41) is 2.62. The number of amides is 1. The molecule has 1 amide bonds. The quantitative estimate of drug-likeness (QED) is 0.468. The maximum absolute atomic E-state index is 12.7. The molecule has 2 aromatic carbocycles. The van der Waals surface area contributed by atoms with Crippen molar-refractivity contribution >= 4 is 33.3 Å². The molecule has 0 unspecified atom stereocenters. The van der Waals surface area contributed by atoms with Gasteiger partial charge in [-0.25, -0.2) is 8.42 Å². The van der Waals surface area contributed by atoms with Crippen molar-refractivity contribution in [2.75, 3.05) is 37.0 Å². The summed E-state index contributed by atoms with van der Waals surface area (Å²) in [6.07, 6.45) is -0.0908. The van der Waals surface area contributed by atoms with Crippen molar-refractivity contribution in [2.24, 2.45) is 0 Å². The fourth-order valence-corrected chi connectivity index (χ4v) is 3.59. The molecule has 2 aromatic rings. The first kappa shape index (κ1) is 22.4. The van der Waals surface area contributed by atoms with E-state index in [0.717, 1.165) is 0 Å². The molecule has 0 saturated carbocycles. The van der Waals surface area contributed by atoms with Crippen LogP contribution in [0.3, 0.4) is 0 Å². The van der Waals surface area contributed by atoms with Gasteiger partial charge in [0, 0.05) is 26.3 Å². The molecule has 0 aliphatic heterocycles. The number of sulfonamides is 1. The SMILES string of the molecule is COCCOC(=O)CCC(=O)Nc1ccc(S(=O)(=O)N(C)c2ccccc2)cc1. The smallest absolute Gasteiger partial charge is 0.306 e. The van der Waals surface area contributed by atoms with Gasteiger partial charge in [-0.2, -0.15) is 0 Å². The standard InChI is InChI=1S/C20H24N2O6S/c1-22(17-6-4-3-5-7-17)29(25,26)18-10-8-16(9-11-18)21-19(23)12-13-20(24)28-15-14-27-2/h3-11H,12-15H2,1-2H3,(H,21,23). The van der Waals surface area contributed by atoms with Gasteiger partial charge >= 0.3 is 5.97 Å². The molecule has 0 radical (unpaired) electrons. The molecule has 0 spiro atoms. The lowest BCUT2D eigenvalue weighted by molar-refractivity contribution is -0.145. The third-order valence-electron chi connectivity index (χ3n) is 4.02. The van der Waals surface area contributed by atoms with E-state index in [4.69, 9.17) is 9.47 Å². The molecule has 0 atom stereocenters. The van der Waals surface area contributed by atoms with Crippen LogP contribution in [0.25, 0.3) is 0 Å². The van der Waals surface area contributed by atoms with E-state index >= 15 is 0 Å². The van der Waals surface area contributed by atoms with Crippen LogP contribution in [0.5, 0.6) is 0 Å². The van der Waals surface area contributed by atoms with Crippen molar-refractivity contribution in [2.45, 2.75) is 17.7 Å². The van der Waals surface area contributed by atoms with Gasteiger partial charge in [0.15, 0.2) is 0 Å². The Bertz CT molecular complexity index is 914. The molecule has 0 saturated heterocycles. The van der Waals surface area contributed by atoms with Gasteiger partial charge in [0.1, 0.15) is 6.61 Å². The zero-order chi connectivity index (χ0) is 21.3. The molecule has 156 valence electrons. The maximum Gasteiger partial charge on any atom is 0.306 e. The lowest BCUT2D eigenvalue weighted by Crippen LogP contribution is -2.26. The molecule has 9 heteroatoms. The lowest BCUT2D eigenvalue weighted by Gasteiger charge is -2.19. The number of benzene rings is 2. The van der Waals surface area contributed by atoms with E-state index in [0.29, 0.717) is 18.0 Å². The monoisotopic (exact) mass is 420 g/mol. The van der Waals surface area contributed by atoms with Crippen molar-refractivity contribution < 1.29 is 27.5 Å². The van der Waals surface area contributed by atoms with Crippen molar-refractivity contribution in [3.05, 3.63) is 54.6 Å². The Kier molecular flexibility index (Phi) is 8.17. The molecule has 0 aromatic heterocycles. The Morgan fingerprint density at radius 1 is 0.966 bits per heavy atom. The molecule has 0 aliphatic carbocycles. The highest BCUT2D eigenvalue weighted by Gasteiger charge is 2.21. The number of esters is 1. The van der Waals surface area contributed by atoms with Crippen LogP contribution < -0.4 is 9.62 Å². The summed E-state index contributed by atoms with van der Waals surface area (Å²) in [4.78, 5) is 23.5. The number of nitrogens with zero attached hydrogens (tertiary/aromatic N) is 1. The fraction of sp³-hybridized carbons (Fsp3) is 0.300. The van der Waals surface area contributed by atoms with E-state index in [-0.39, 0.29) is 30.3 Å². The summed E-state index contributed by atoms with van der Waals surface area (Å²) in [5.41, 5.74) is 0.978. The minimum atomic E-state index is -3.72. The number of rotatable bonds is 10. The van der Waals surface area contributed by atoms with E-state index in [1.165, 1.54) is 42.7 Å². The second-order valence-corrected chi connectivity index (χ2v) is 8.06. The van der Waals surface area contributed by atoms with Crippen LogP contribution in [-0.4, -0.2) is 47.7 Å². The fourth-order valence-electron chi connectivity index (χ4n) is 2.40. The molecule has 29 heavy (non-hydrogen) atoms. The number of anilines is 2. The average molecular weight is 420 g/mol. The first-order valence-electron chi connectivity index (χ1n) is 8.93. The van der Waals surface area contributed by atoms with E-state index in [2.05, 4.69) is 5.32 Å². The van der Waals surface area contributed by atoms with Crippen LogP contribution in [0.1, 0.15) is 12.8 Å². The predicted molar refractivity (Wildman–Crippen MR) is 109 cm³/mol. The topological polar surface area (TPSA) is 102 Å². The van der Waals surface area contributed by atoms with Gasteiger partial charge in [0.05, 0.1) is 23.6 Å². The Morgan fingerprint density at radius 3 is 2.24 bits per heavy atom. The number of hydrogen-bond donors (Lipinski definition) is 1. The molecule has 0 aliphatic rings. The highest BCUT2D eigenvalue weighted by atomic mass is 32.2. The average Bonchev–Trinajstić information content (AvgIpc) is 2.73. The number of methoxy groups -OCH3 is 1. The second kappa shape index (κ2) is 10.6. The molecule has 2 rings (SSSR count). The van der Waals surface area contributed by atoms with Gasteiger partial charge in [0.25, 0.3) is 10.0 Å². The van der Waals surface area contributed by atoms with Crippen LogP contribution >= 0.6 is 0 Å². The summed E-state index contributed by atoms with van der Waals surface area (Å²) in [6, 6.07) is 14.6. The zero-order valence-electron chi connectivity index (χ0n) is 16.3. The third kappa shape index (κ3) is 6.58. The Labute approximate surface area is 170 Å². The number of carbonyl (C=O) groups is 2. The maximum atomic E-state index is 12.7. The van der Waals surface area contributed by atoms with E-state index in [1.807, 2.05) is 0 Å². The molecule has 0 bridgehead atoms. The van der Waals surface area contributed by atoms with Crippen molar-refractivity contribution in [1.29, 1.82) is 0 Å². The highest BCUT2D eigenvalue weighted by Crippen LogP contribution is 2.22. The van der Waals surface area contributed by atoms with Crippen molar-refractivity contribution in [3.8, 4) is 0 Å². The summed E-state index contributed by atoms with van der Waals surface area (Å²) in [5.74, 6) is -0.853. The number of nitrogens with one attached hydrogen (secondary N) is 1. The number of ether oxygens (including phenoxy) is 2. The molecular formula is C20H24N2O6S. The summed E-state index contributed by atoms with van der Waals surface area (Å²) >= 11 is 0. The van der Waals surface area contributed by atoms with Gasteiger partial charge in [-0.1, -0.05) is 18.2 Å². The van der Waals surface area contributed by atoms with Gasteiger partial charge < -0.3 is 14.8 Å². The van der Waals surface area contributed by atoms with Crippen molar-refractivity contribution in [1.82, 2.24) is 0 Å². The third-order valence-corrected chi connectivity index (χ3v) is 5.82. The number of hydrogen-bond acceptors (Lipinski definition) is 6. The Balaban J connectivity index is 1.92. The first-order chi connectivity index (χ1) is 13.8. The Morgan fingerprint density at radius 2 is 1.62 bits per heavy atom. The van der Waals surface area contributed by atoms with E-state index < -0.39 is 16.0 Å². The van der Waals surface area contributed by atoms with Crippen LogP contribution in [0.4, 0.5) is 11.4 Å². The number of para-hydroxylation sites is 1. The molecule has 1 N–H and O–H groups in total. The summed E-state index contributed by atoms with van der Waals surface area (Å²) < 4.78 is 36.3. The van der Waals surface area contributed by atoms with Gasteiger partial charge in [-0.05, 0) is 36.4 Å². The molecule has 0 heterocycles. The second-order valence-electron chi connectivity index (χ2n) is 6.09.